The molecule has 1 fully saturated rings. The van der Waals surface area contributed by atoms with Gasteiger partial charge in [0.25, 0.3) is 0 Å². The van der Waals surface area contributed by atoms with Crippen LogP contribution in [0, 0.1) is 25.7 Å². The van der Waals surface area contributed by atoms with E-state index in [4.69, 9.17) is 10.2 Å². The topological polar surface area (TPSA) is 55.3 Å². The molecule has 2 N–H and O–H groups in total. The Balaban J connectivity index is 1.95. The molecule has 1 aliphatic rings. The fourth-order valence-corrected chi connectivity index (χ4v) is 2.47. The molecular formula is C13H23N3O. The molecule has 0 aromatic carbocycles. The Morgan fingerprint density at radius 2 is 2.24 bits per heavy atom. The summed E-state index contributed by atoms with van der Waals surface area (Å²) in [5.41, 5.74) is 6.81. The van der Waals surface area contributed by atoms with E-state index < -0.39 is 0 Å². The van der Waals surface area contributed by atoms with Crippen LogP contribution in [-0.2, 0) is 6.54 Å². The first-order chi connectivity index (χ1) is 8.10. The van der Waals surface area contributed by atoms with Crippen LogP contribution >= 0.6 is 0 Å². The number of nitrogens with zero attached hydrogens (tertiary/aromatic N) is 2. The van der Waals surface area contributed by atoms with Gasteiger partial charge in [0.05, 0.1) is 12.2 Å². The predicted molar refractivity (Wildman–Crippen MR) is 67.6 cm³/mol. The molecule has 1 aliphatic heterocycles. The molecule has 2 unspecified atom stereocenters. The van der Waals surface area contributed by atoms with E-state index in [1.54, 1.807) is 0 Å². The molecule has 0 saturated carbocycles. The van der Waals surface area contributed by atoms with E-state index in [9.17, 15) is 0 Å². The minimum atomic E-state index is 0.612. The second kappa shape index (κ2) is 5.19. The van der Waals surface area contributed by atoms with E-state index in [1.807, 2.05) is 13.8 Å². The van der Waals surface area contributed by atoms with E-state index in [0.717, 1.165) is 49.4 Å². The van der Waals surface area contributed by atoms with Crippen molar-refractivity contribution in [2.24, 2.45) is 17.6 Å². The van der Waals surface area contributed by atoms with Gasteiger partial charge < -0.3 is 10.2 Å². The number of hydrogen-bond donors (Lipinski definition) is 1. The van der Waals surface area contributed by atoms with E-state index in [2.05, 4.69) is 16.8 Å². The minimum absolute atomic E-state index is 0.612. The molecule has 0 spiro atoms. The SMILES string of the molecule is Cc1nc(CN2CCC(C)C(CN)C2)oc1C. The third kappa shape index (κ3) is 2.87. The van der Waals surface area contributed by atoms with Crippen LogP contribution < -0.4 is 5.73 Å². The highest BCUT2D eigenvalue weighted by Gasteiger charge is 2.25. The van der Waals surface area contributed by atoms with Crippen LogP contribution in [0.1, 0.15) is 30.7 Å². The Morgan fingerprint density at radius 1 is 1.47 bits per heavy atom. The third-order valence-corrected chi connectivity index (χ3v) is 3.93. The summed E-state index contributed by atoms with van der Waals surface area (Å²) in [5, 5.41) is 0. The van der Waals surface area contributed by atoms with Gasteiger partial charge >= 0.3 is 0 Å². The van der Waals surface area contributed by atoms with Gasteiger partial charge in [-0.2, -0.15) is 0 Å². The van der Waals surface area contributed by atoms with Crippen molar-refractivity contribution in [1.29, 1.82) is 0 Å². The summed E-state index contributed by atoms with van der Waals surface area (Å²) in [6, 6.07) is 0. The maximum Gasteiger partial charge on any atom is 0.208 e. The Morgan fingerprint density at radius 3 is 2.82 bits per heavy atom. The first-order valence-electron chi connectivity index (χ1n) is 6.45. The zero-order valence-electron chi connectivity index (χ0n) is 11.1. The molecule has 0 bridgehead atoms. The molecule has 0 aliphatic carbocycles. The number of hydrogen-bond acceptors (Lipinski definition) is 4. The average Bonchev–Trinajstić information content (AvgIpc) is 2.61. The van der Waals surface area contributed by atoms with Crippen LogP contribution in [0.15, 0.2) is 4.42 Å². The van der Waals surface area contributed by atoms with Crippen molar-refractivity contribution in [3.05, 3.63) is 17.3 Å². The molecule has 1 aromatic heterocycles. The van der Waals surface area contributed by atoms with Gasteiger partial charge in [-0.3, -0.25) is 4.90 Å². The molecule has 0 amide bonds. The molecule has 1 aromatic rings. The van der Waals surface area contributed by atoms with Crippen molar-refractivity contribution in [2.75, 3.05) is 19.6 Å². The quantitative estimate of drug-likeness (QED) is 0.869. The molecule has 17 heavy (non-hydrogen) atoms. The maximum atomic E-state index is 5.81. The molecule has 96 valence electrons. The lowest BCUT2D eigenvalue weighted by molar-refractivity contribution is 0.117. The second-order valence-corrected chi connectivity index (χ2v) is 5.25. The monoisotopic (exact) mass is 237 g/mol. The van der Waals surface area contributed by atoms with Crippen LogP contribution in [0.5, 0.6) is 0 Å². The number of nitrogens with two attached hydrogens (primary N) is 1. The van der Waals surface area contributed by atoms with Crippen molar-refractivity contribution in [2.45, 2.75) is 33.7 Å². The lowest BCUT2D eigenvalue weighted by Crippen LogP contribution is -2.42. The molecule has 2 atom stereocenters. The number of piperidine rings is 1. The lowest BCUT2D eigenvalue weighted by Gasteiger charge is -2.35. The largest absolute Gasteiger partial charge is 0.444 e. The number of likely N-dealkylation sites (tertiary alicyclic amines) is 1. The fraction of sp³-hybridized carbons (Fsp3) is 0.769. The fourth-order valence-electron chi connectivity index (χ4n) is 2.47. The van der Waals surface area contributed by atoms with Gasteiger partial charge in [-0.25, -0.2) is 4.98 Å². The van der Waals surface area contributed by atoms with Crippen LogP contribution in [-0.4, -0.2) is 29.5 Å². The lowest BCUT2D eigenvalue weighted by atomic mass is 9.87. The zero-order chi connectivity index (χ0) is 12.4. The van der Waals surface area contributed by atoms with Crippen molar-refractivity contribution < 1.29 is 4.42 Å². The molecular weight excluding hydrogens is 214 g/mol. The van der Waals surface area contributed by atoms with Gasteiger partial charge in [0.15, 0.2) is 0 Å². The number of oxazole rings is 1. The van der Waals surface area contributed by atoms with Crippen molar-refractivity contribution in [3.63, 3.8) is 0 Å². The van der Waals surface area contributed by atoms with Crippen molar-refractivity contribution in [3.8, 4) is 0 Å². The van der Waals surface area contributed by atoms with Gasteiger partial charge in [-0.1, -0.05) is 6.92 Å². The smallest absolute Gasteiger partial charge is 0.208 e. The van der Waals surface area contributed by atoms with Crippen LogP contribution in [0.4, 0.5) is 0 Å². The molecule has 4 heteroatoms. The summed E-state index contributed by atoms with van der Waals surface area (Å²) in [4.78, 5) is 6.84. The predicted octanol–water partition coefficient (Wildman–Crippen LogP) is 1.71. The Bertz CT molecular complexity index is 355. The van der Waals surface area contributed by atoms with Gasteiger partial charge in [0.1, 0.15) is 5.76 Å². The van der Waals surface area contributed by atoms with Gasteiger partial charge in [-0.15, -0.1) is 0 Å². The third-order valence-electron chi connectivity index (χ3n) is 3.93. The van der Waals surface area contributed by atoms with Crippen LogP contribution in [0.25, 0.3) is 0 Å². The minimum Gasteiger partial charge on any atom is -0.444 e. The Labute approximate surface area is 103 Å². The number of aromatic nitrogens is 1. The summed E-state index contributed by atoms with van der Waals surface area (Å²) >= 11 is 0. The highest BCUT2D eigenvalue weighted by atomic mass is 16.4. The number of rotatable bonds is 3. The van der Waals surface area contributed by atoms with Crippen LogP contribution in [0.3, 0.4) is 0 Å². The van der Waals surface area contributed by atoms with E-state index in [0.29, 0.717) is 5.92 Å². The summed E-state index contributed by atoms with van der Waals surface area (Å²) in [6.07, 6.45) is 1.22. The van der Waals surface area contributed by atoms with Gasteiger partial charge in [0, 0.05) is 6.54 Å². The van der Waals surface area contributed by atoms with Gasteiger partial charge in [0.2, 0.25) is 5.89 Å². The Kier molecular flexibility index (Phi) is 3.84. The van der Waals surface area contributed by atoms with E-state index >= 15 is 0 Å². The highest BCUT2D eigenvalue weighted by Crippen LogP contribution is 2.23. The number of aryl methyl sites for hydroxylation is 2. The van der Waals surface area contributed by atoms with Crippen molar-refractivity contribution in [1.82, 2.24) is 9.88 Å². The summed E-state index contributed by atoms with van der Waals surface area (Å²) in [7, 11) is 0. The first kappa shape index (κ1) is 12.6. The Hall–Kier alpha value is -0.870. The zero-order valence-corrected chi connectivity index (χ0v) is 11.1. The summed E-state index contributed by atoms with van der Waals surface area (Å²) in [5.74, 6) is 3.12. The van der Waals surface area contributed by atoms with E-state index in [-0.39, 0.29) is 0 Å². The van der Waals surface area contributed by atoms with E-state index in [1.165, 1.54) is 6.42 Å². The van der Waals surface area contributed by atoms with Crippen LogP contribution in [0.2, 0.25) is 0 Å². The summed E-state index contributed by atoms with van der Waals surface area (Å²) in [6.45, 7) is 10.0. The highest BCUT2D eigenvalue weighted by molar-refractivity contribution is 5.05. The standard InChI is InChI=1S/C13H23N3O/c1-9-4-5-16(7-12(9)6-14)8-13-15-10(2)11(3)17-13/h9,12H,4-8,14H2,1-3H3. The average molecular weight is 237 g/mol. The first-order valence-corrected chi connectivity index (χ1v) is 6.45. The van der Waals surface area contributed by atoms with Gasteiger partial charge in [-0.05, 0) is 45.2 Å². The van der Waals surface area contributed by atoms with Crippen molar-refractivity contribution >= 4 is 0 Å². The summed E-state index contributed by atoms with van der Waals surface area (Å²) < 4.78 is 5.63. The normalized spacial score (nSPS) is 26.4. The second-order valence-electron chi connectivity index (χ2n) is 5.25. The molecule has 2 heterocycles. The molecule has 0 radical (unpaired) electrons. The molecule has 1 saturated heterocycles. The maximum absolute atomic E-state index is 5.81. The molecule has 4 nitrogen and oxygen atoms in total. The molecule has 2 rings (SSSR count).